The number of hydrogen-bond acceptors (Lipinski definition) is 3. The summed E-state index contributed by atoms with van der Waals surface area (Å²) in [6, 6.07) is 8.12. The number of nitrogens with zero attached hydrogens (tertiary/aromatic N) is 1. The average molecular weight is 202 g/mol. The molecule has 15 heavy (non-hydrogen) atoms. The molecule has 1 heterocycles. The molecule has 1 aromatic heterocycles. The first kappa shape index (κ1) is 9.93. The van der Waals surface area contributed by atoms with Crippen LogP contribution in [-0.4, -0.2) is 11.5 Å². The fraction of sp³-hybridized carbons (Fsp3) is 0.250. The van der Waals surface area contributed by atoms with E-state index in [9.17, 15) is 0 Å². The second-order valence-electron chi connectivity index (χ2n) is 3.53. The molecule has 0 fully saturated rings. The standard InChI is InChI=1S/C12H14N2O/c1-9-8-15-12(14-9)11-4-2-3-10(7-11)5-6-13/h2-4,7-8H,5-6,13H2,1H3. The smallest absolute Gasteiger partial charge is 0.226 e. The molecule has 0 aliphatic heterocycles. The highest BCUT2D eigenvalue weighted by Gasteiger charge is 2.04. The van der Waals surface area contributed by atoms with Crippen LogP contribution in [0.15, 0.2) is 34.9 Å². The lowest BCUT2D eigenvalue weighted by molar-refractivity contribution is 0.573. The Morgan fingerprint density at radius 1 is 1.40 bits per heavy atom. The normalized spacial score (nSPS) is 10.5. The number of rotatable bonds is 3. The summed E-state index contributed by atoms with van der Waals surface area (Å²) in [5, 5.41) is 0. The van der Waals surface area contributed by atoms with Crippen LogP contribution in [0, 0.1) is 6.92 Å². The molecule has 0 aliphatic rings. The van der Waals surface area contributed by atoms with Gasteiger partial charge in [-0.15, -0.1) is 0 Å². The van der Waals surface area contributed by atoms with Gasteiger partial charge in [0.25, 0.3) is 0 Å². The Balaban J connectivity index is 2.32. The number of aromatic nitrogens is 1. The van der Waals surface area contributed by atoms with E-state index in [2.05, 4.69) is 17.1 Å². The van der Waals surface area contributed by atoms with Crippen LogP contribution >= 0.6 is 0 Å². The van der Waals surface area contributed by atoms with E-state index in [1.54, 1.807) is 6.26 Å². The highest BCUT2D eigenvalue weighted by atomic mass is 16.3. The fourth-order valence-corrected chi connectivity index (χ4v) is 1.51. The first-order valence-electron chi connectivity index (χ1n) is 5.01. The molecule has 2 aromatic rings. The van der Waals surface area contributed by atoms with E-state index in [0.717, 1.165) is 17.7 Å². The number of aryl methyl sites for hydroxylation is 1. The molecule has 0 atom stereocenters. The van der Waals surface area contributed by atoms with Crippen molar-refractivity contribution in [1.29, 1.82) is 0 Å². The van der Waals surface area contributed by atoms with Crippen LogP contribution in [0.25, 0.3) is 11.5 Å². The van der Waals surface area contributed by atoms with Gasteiger partial charge < -0.3 is 10.2 Å². The first-order valence-corrected chi connectivity index (χ1v) is 5.01. The second-order valence-corrected chi connectivity index (χ2v) is 3.53. The van der Waals surface area contributed by atoms with E-state index in [1.807, 2.05) is 19.1 Å². The van der Waals surface area contributed by atoms with E-state index in [0.29, 0.717) is 12.4 Å². The van der Waals surface area contributed by atoms with E-state index in [1.165, 1.54) is 5.56 Å². The Hall–Kier alpha value is -1.61. The van der Waals surface area contributed by atoms with Crippen molar-refractivity contribution in [3.8, 4) is 11.5 Å². The first-order chi connectivity index (χ1) is 7.29. The molecule has 3 nitrogen and oxygen atoms in total. The largest absolute Gasteiger partial charge is 0.444 e. The molecule has 0 radical (unpaired) electrons. The molecule has 2 rings (SSSR count). The maximum Gasteiger partial charge on any atom is 0.226 e. The zero-order chi connectivity index (χ0) is 10.7. The Kier molecular flexibility index (Phi) is 2.83. The molecule has 1 aromatic carbocycles. The summed E-state index contributed by atoms with van der Waals surface area (Å²) >= 11 is 0. The minimum absolute atomic E-state index is 0.661. The van der Waals surface area contributed by atoms with E-state index < -0.39 is 0 Å². The minimum Gasteiger partial charge on any atom is -0.444 e. The summed E-state index contributed by atoms with van der Waals surface area (Å²) in [6.07, 6.45) is 2.54. The van der Waals surface area contributed by atoms with Crippen LogP contribution in [0.4, 0.5) is 0 Å². The zero-order valence-corrected chi connectivity index (χ0v) is 8.73. The Bertz CT molecular complexity index is 448. The molecule has 0 amide bonds. The molecule has 0 saturated heterocycles. The molecule has 2 N–H and O–H groups in total. The van der Waals surface area contributed by atoms with Crippen molar-refractivity contribution in [2.45, 2.75) is 13.3 Å². The Morgan fingerprint density at radius 2 is 2.27 bits per heavy atom. The van der Waals surface area contributed by atoms with Crippen LogP contribution in [0.2, 0.25) is 0 Å². The molecular formula is C12H14N2O. The molecule has 0 bridgehead atoms. The quantitative estimate of drug-likeness (QED) is 0.829. The number of nitrogens with two attached hydrogens (primary N) is 1. The summed E-state index contributed by atoms with van der Waals surface area (Å²) in [4.78, 5) is 4.28. The lowest BCUT2D eigenvalue weighted by Gasteiger charge is -2.00. The summed E-state index contributed by atoms with van der Waals surface area (Å²) in [5.74, 6) is 0.673. The Labute approximate surface area is 88.9 Å². The third kappa shape index (κ3) is 2.25. The van der Waals surface area contributed by atoms with Gasteiger partial charge in [-0.3, -0.25) is 0 Å². The van der Waals surface area contributed by atoms with Crippen molar-refractivity contribution >= 4 is 0 Å². The number of oxazole rings is 1. The molecule has 0 unspecified atom stereocenters. The van der Waals surface area contributed by atoms with Crippen LogP contribution in [-0.2, 0) is 6.42 Å². The van der Waals surface area contributed by atoms with Crippen molar-refractivity contribution < 1.29 is 4.42 Å². The monoisotopic (exact) mass is 202 g/mol. The molecular weight excluding hydrogens is 188 g/mol. The third-order valence-corrected chi connectivity index (χ3v) is 2.23. The van der Waals surface area contributed by atoms with Crippen LogP contribution in [0.3, 0.4) is 0 Å². The zero-order valence-electron chi connectivity index (χ0n) is 8.73. The highest BCUT2D eigenvalue weighted by molar-refractivity contribution is 5.54. The van der Waals surface area contributed by atoms with Crippen molar-refractivity contribution in [2.24, 2.45) is 5.73 Å². The highest BCUT2D eigenvalue weighted by Crippen LogP contribution is 2.19. The van der Waals surface area contributed by atoms with Gasteiger partial charge in [0, 0.05) is 5.56 Å². The van der Waals surface area contributed by atoms with Gasteiger partial charge in [-0.25, -0.2) is 4.98 Å². The van der Waals surface area contributed by atoms with Gasteiger partial charge in [0.05, 0.1) is 5.69 Å². The lowest BCUT2D eigenvalue weighted by atomic mass is 10.1. The molecule has 0 aliphatic carbocycles. The third-order valence-electron chi connectivity index (χ3n) is 2.23. The van der Waals surface area contributed by atoms with E-state index in [-0.39, 0.29) is 0 Å². The maximum absolute atomic E-state index is 5.51. The van der Waals surface area contributed by atoms with Crippen molar-refractivity contribution in [2.75, 3.05) is 6.54 Å². The minimum atomic E-state index is 0.661. The summed E-state index contributed by atoms with van der Waals surface area (Å²) in [7, 11) is 0. The SMILES string of the molecule is Cc1coc(-c2cccc(CCN)c2)n1. The van der Waals surface area contributed by atoms with E-state index >= 15 is 0 Å². The average Bonchev–Trinajstić information content (AvgIpc) is 2.66. The van der Waals surface area contributed by atoms with Gasteiger partial charge in [-0.05, 0) is 37.6 Å². The van der Waals surface area contributed by atoms with Gasteiger partial charge in [0.15, 0.2) is 0 Å². The van der Waals surface area contributed by atoms with Crippen LogP contribution in [0.1, 0.15) is 11.3 Å². The van der Waals surface area contributed by atoms with Gasteiger partial charge in [-0.1, -0.05) is 12.1 Å². The van der Waals surface area contributed by atoms with Crippen LogP contribution in [0.5, 0.6) is 0 Å². The fourth-order valence-electron chi connectivity index (χ4n) is 1.51. The predicted molar refractivity (Wildman–Crippen MR) is 59.4 cm³/mol. The molecule has 78 valence electrons. The van der Waals surface area contributed by atoms with Gasteiger partial charge >= 0.3 is 0 Å². The number of hydrogen-bond donors (Lipinski definition) is 1. The molecule has 0 spiro atoms. The van der Waals surface area contributed by atoms with Gasteiger partial charge in [0.2, 0.25) is 5.89 Å². The van der Waals surface area contributed by atoms with Crippen molar-refractivity contribution in [3.63, 3.8) is 0 Å². The topological polar surface area (TPSA) is 52.0 Å². The predicted octanol–water partition coefficient (Wildman–Crippen LogP) is 2.15. The van der Waals surface area contributed by atoms with E-state index in [4.69, 9.17) is 10.2 Å². The van der Waals surface area contributed by atoms with Crippen LogP contribution < -0.4 is 5.73 Å². The maximum atomic E-state index is 5.51. The molecule has 0 saturated carbocycles. The summed E-state index contributed by atoms with van der Waals surface area (Å²) in [5.41, 5.74) is 8.63. The Morgan fingerprint density at radius 3 is 2.93 bits per heavy atom. The lowest BCUT2D eigenvalue weighted by Crippen LogP contribution is -2.02. The summed E-state index contributed by atoms with van der Waals surface area (Å²) < 4.78 is 5.34. The number of benzene rings is 1. The summed E-state index contributed by atoms with van der Waals surface area (Å²) in [6.45, 7) is 2.57. The van der Waals surface area contributed by atoms with Gasteiger partial charge in [-0.2, -0.15) is 0 Å². The molecule has 3 heteroatoms. The second kappa shape index (κ2) is 4.28. The van der Waals surface area contributed by atoms with Gasteiger partial charge in [0.1, 0.15) is 6.26 Å². The van der Waals surface area contributed by atoms with Crippen molar-refractivity contribution in [1.82, 2.24) is 4.98 Å². The van der Waals surface area contributed by atoms with Crippen molar-refractivity contribution in [3.05, 3.63) is 41.8 Å².